The van der Waals surface area contributed by atoms with E-state index in [0.29, 0.717) is 17.9 Å². The summed E-state index contributed by atoms with van der Waals surface area (Å²) in [7, 11) is -3.40. The van der Waals surface area contributed by atoms with Gasteiger partial charge in [0.1, 0.15) is 5.75 Å². The van der Waals surface area contributed by atoms with Crippen LogP contribution < -0.4 is 0 Å². The van der Waals surface area contributed by atoms with E-state index in [2.05, 4.69) is 0 Å². The Balaban J connectivity index is 2.10. The molecule has 1 saturated heterocycles. The summed E-state index contributed by atoms with van der Waals surface area (Å²) in [5, 5.41) is 1.23. The van der Waals surface area contributed by atoms with Gasteiger partial charge in [-0.15, -0.1) is 11.3 Å². The molecule has 1 aliphatic heterocycles. The third kappa shape index (κ3) is 2.75. The first-order valence-electron chi connectivity index (χ1n) is 5.40. The molecule has 94 valence electrons. The predicted octanol–water partition coefficient (Wildman–Crippen LogP) is 1.52. The number of carbonyl (C=O) groups excluding carboxylic acids is 1. The van der Waals surface area contributed by atoms with Gasteiger partial charge < -0.3 is 4.74 Å². The van der Waals surface area contributed by atoms with Gasteiger partial charge in [0.05, 0.1) is 16.2 Å². The Morgan fingerprint density at radius 3 is 2.88 bits per heavy atom. The lowest BCUT2D eigenvalue weighted by Gasteiger charge is -2.13. The van der Waals surface area contributed by atoms with Crippen molar-refractivity contribution in [2.45, 2.75) is 24.7 Å². The van der Waals surface area contributed by atoms with Gasteiger partial charge in [-0.05, 0) is 24.8 Å². The predicted molar refractivity (Wildman–Crippen MR) is 66.3 cm³/mol. The van der Waals surface area contributed by atoms with Crippen LogP contribution in [-0.4, -0.2) is 37.9 Å². The van der Waals surface area contributed by atoms with Crippen LogP contribution in [0, 0.1) is 0 Å². The topological polar surface area (TPSA) is 60.4 Å². The third-order valence-corrected chi connectivity index (χ3v) is 6.01. The average Bonchev–Trinajstić information content (AvgIpc) is 2.85. The minimum Gasteiger partial charge on any atom is -0.377 e. The lowest BCUT2D eigenvalue weighted by molar-refractivity contribution is 0.102. The minimum absolute atomic E-state index is 0.309. The molecule has 2 atom stereocenters. The fourth-order valence-corrected chi connectivity index (χ4v) is 4.59. The fraction of sp³-hybridized carbons (Fsp3) is 0.545. The number of ether oxygens (including phenoxy) is 1. The largest absolute Gasteiger partial charge is 0.377 e. The molecule has 2 unspecified atom stereocenters. The summed E-state index contributed by atoms with van der Waals surface area (Å²) in [6, 6.07) is 3.39. The lowest BCUT2D eigenvalue weighted by Crippen LogP contribution is -2.32. The summed E-state index contributed by atoms with van der Waals surface area (Å²) >= 11 is 1.27. The molecule has 4 nitrogen and oxygen atoms in total. The highest BCUT2D eigenvalue weighted by Crippen LogP contribution is 2.22. The molecule has 0 amide bonds. The van der Waals surface area contributed by atoms with Crippen molar-refractivity contribution in [2.75, 3.05) is 12.4 Å². The SMILES string of the molecule is CC1OCCC1S(=O)(=O)CC(=O)c1cccs1. The summed E-state index contributed by atoms with van der Waals surface area (Å²) in [4.78, 5) is 12.3. The minimum atomic E-state index is -3.40. The standard InChI is InChI=1S/C11H14O4S2/c1-8-11(4-5-15-8)17(13,14)7-9(12)10-3-2-6-16-10/h2-3,6,8,11H,4-5,7H2,1H3. The molecular formula is C11H14O4S2. The average molecular weight is 274 g/mol. The van der Waals surface area contributed by atoms with E-state index in [1.807, 2.05) is 0 Å². The highest BCUT2D eigenvalue weighted by Gasteiger charge is 2.37. The molecular weight excluding hydrogens is 260 g/mol. The number of hydrogen-bond acceptors (Lipinski definition) is 5. The molecule has 17 heavy (non-hydrogen) atoms. The molecule has 0 saturated carbocycles. The van der Waals surface area contributed by atoms with Crippen molar-refractivity contribution < 1.29 is 17.9 Å². The van der Waals surface area contributed by atoms with Gasteiger partial charge in [0.2, 0.25) is 0 Å². The van der Waals surface area contributed by atoms with Crippen molar-refractivity contribution in [3.05, 3.63) is 22.4 Å². The van der Waals surface area contributed by atoms with Crippen LogP contribution in [0.15, 0.2) is 17.5 Å². The van der Waals surface area contributed by atoms with E-state index < -0.39 is 20.8 Å². The molecule has 0 radical (unpaired) electrons. The van der Waals surface area contributed by atoms with Crippen molar-refractivity contribution >= 4 is 27.0 Å². The maximum absolute atomic E-state index is 12.1. The first kappa shape index (κ1) is 12.7. The van der Waals surface area contributed by atoms with E-state index in [-0.39, 0.29) is 11.9 Å². The highest BCUT2D eigenvalue weighted by atomic mass is 32.2. The molecule has 1 aliphatic rings. The number of carbonyl (C=O) groups is 1. The van der Waals surface area contributed by atoms with Gasteiger partial charge in [-0.1, -0.05) is 6.07 Å². The molecule has 0 spiro atoms. The number of thiophene rings is 1. The van der Waals surface area contributed by atoms with Crippen LogP contribution in [0.3, 0.4) is 0 Å². The van der Waals surface area contributed by atoms with Gasteiger partial charge in [0.25, 0.3) is 0 Å². The zero-order valence-electron chi connectivity index (χ0n) is 9.46. The summed E-state index contributed by atoms with van der Waals surface area (Å²) < 4.78 is 29.3. The number of ketones is 1. The molecule has 6 heteroatoms. The Kier molecular flexibility index (Phi) is 3.65. The van der Waals surface area contributed by atoms with Crippen LogP contribution in [-0.2, 0) is 14.6 Å². The number of rotatable bonds is 4. The van der Waals surface area contributed by atoms with Crippen LogP contribution in [0.4, 0.5) is 0 Å². The zero-order valence-corrected chi connectivity index (χ0v) is 11.1. The Bertz CT molecular complexity index is 490. The molecule has 1 fully saturated rings. The molecule has 0 bridgehead atoms. The second kappa shape index (κ2) is 4.88. The summed E-state index contributed by atoms with van der Waals surface area (Å²) in [6.45, 7) is 2.20. The second-order valence-corrected chi connectivity index (χ2v) is 7.28. The maximum atomic E-state index is 12.1. The second-order valence-electron chi connectivity index (χ2n) is 4.11. The van der Waals surface area contributed by atoms with Crippen molar-refractivity contribution in [2.24, 2.45) is 0 Å². The zero-order chi connectivity index (χ0) is 12.5. The third-order valence-electron chi connectivity index (χ3n) is 2.90. The highest BCUT2D eigenvalue weighted by molar-refractivity contribution is 7.92. The summed E-state index contributed by atoms with van der Waals surface area (Å²) in [5.41, 5.74) is 0. The molecule has 0 aromatic carbocycles. The molecule has 0 aliphatic carbocycles. The van der Waals surface area contributed by atoms with E-state index in [9.17, 15) is 13.2 Å². The first-order valence-corrected chi connectivity index (χ1v) is 8.00. The van der Waals surface area contributed by atoms with Gasteiger partial charge in [-0.3, -0.25) is 4.79 Å². The maximum Gasteiger partial charge on any atom is 0.187 e. The van der Waals surface area contributed by atoms with Crippen LogP contribution in [0.25, 0.3) is 0 Å². The van der Waals surface area contributed by atoms with E-state index in [0.717, 1.165) is 0 Å². The van der Waals surface area contributed by atoms with E-state index in [4.69, 9.17) is 4.74 Å². The summed E-state index contributed by atoms with van der Waals surface area (Å²) in [6.07, 6.45) is 0.178. The van der Waals surface area contributed by atoms with E-state index >= 15 is 0 Å². The van der Waals surface area contributed by atoms with Gasteiger partial charge in [0.15, 0.2) is 15.6 Å². The Morgan fingerprint density at radius 2 is 2.35 bits per heavy atom. The molecule has 2 rings (SSSR count). The smallest absolute Gasteiger partial charge is 0.187 e. The van der Waals surface area contributed by atoms with Gasteiger partial charge in [0, 0.05) is 6.61 Å². The Labute approximate surface area is 105 Å². The quantitative estimate of drug-likeness (QED) is 0.781. The molecule has 1 aromatic rings. The normalized spacial score (nSPS) is 25.0. The van der Waals surface area contributed by atoms with Crippen LogP contribution in [0.2, 0.25) is 0 Å². The van der Waals surface area contributed by atoms with E-state index in [1.165, 1.54) is 11.3 Å². The molecule has 0 N–H and O–H groups in total. The van der Waals surface area contributed by atoms with Crippen molar-refractivity contribution in [3.8, 4) is 0 Å². The molecule has 1 aromatic heterocycles. The van der Waals surface area contributed by atoms with Crippen LogP contribution >= 0.6 is 11.3 Å². The first-order chi connectivity index (χ1) is 8.00. The van der Waals surface area contributed by atoms with Gasteiger partial charge in [-0.25, -0.2) is 8.42 Å². The number of sulfone groups is 1. The lowest BCUT2D eigenvalue weighted by atomic mass is 10.3. The Hall–Kier alpha value is -0.720. The Morgan fingerprint density at radius 1 is 1.59 bits per heavy atom. The van der Waals surface area contributed by atoms with Crippen molar-refractivity contribution in [1.82, 2.24) is 0 Å². The van der Waals surface area contributed by atoms with Crippen molar-refractivity contribution in [1.29, 1.82) is 0 Å². The van der Waals surface area contributed by atoms with E-state index in [1.54, 1.807) is 24.4 Å². The van der Waals surface area contributed by atoms with Gasteiger partial charge in [-0.2, -0.15) is 0 Å². The summed E-state index contributed by atoms with van der Waals surface area (Å²) in [5.74, 6) is -0.731. The van der Waals surface area contributed by atoms with Crippen LogP contribution in [0.5, 0.6) is 0 Å². The monoisotopic (exact) mass is 274 g/mol. The van der Waals surface area contributed by atoms with Crippen molar-refractivity contribution in [3.63, 3.8) is 0 Å². The number of Topliss-reactive ketones (excluding diaryl/α,β-unsaturated/α-hetero) is 1. The van der Waals surface area contributed by atoms with Gasteiger partial charge >= 0.3 is 0 Å². The molecule has 2 heterocycles. The number of hydrogen-bond donors (Lipinski definition) is 0. The van der Waals surface area contributed by atoms with Crippen LogP contribution in [0.1, 0.15) is 23.0 Å². The fourth-order valence-electron chi connectivity index (χ4n) is 1.98.